The van der Waals surface area contributed by atoms with Crippen LogP contribution in [0.1, 0.15) is 28.8 Å². The second-order valence-electron chi connectivity index (χ2n) is 7.09. The van der Waals surface area contributed by atoms with Gasteiger partial charge in [-0.1, -0.05) is 53.5 Å². The zero-order valence-corrected chi connectivity index (χ0v) is 16.8. The lowest BCUT2D eigenvalue weighted by Crippen LogP contribution is -2.44. The fourth-order valence-electron chi connectivity index (χ4n) is 3.81. The van der Waals surface area contributed by atoms with E-state index in [0.717, 1.165) is 23.8 Å². The molecule has 0 radical (unpaired) electrons. The van der Waals surface area contributed by atoms with Gasteiger partial charge >= 0.3 is 0 Å². The number of carbonyl (C=O) groups is 1. The maximum absolute atomic E-state index is 13.0. The number of hydrogen-bond acceptors (Lipinski definition) is 3. The van der Waals surface area contributed by atoms with Crippen LogP contribution in [0.25, 0.3) is 10.9 Å². The Labute approximate surface area is 173 Å². The van der Waals surface area contributed by atoms with Crippen molar-refractivity contribution in [2.45, 2.75) is 18.3 Å². The van der Waals surface area contributed by atoms with E-state index in [1.54, 1.807) is 6.07 Å². The maximum atomic E-state index is 13.0. The minimum Gasteiger partial charge on any atom is -0.381 e. The van der Waals surface area contributed by atoms with Crippen molar-refractivity contribution in [2.24, 2.45) is 0 Å². The van der Waals surface area contributed by atoms with Crippen molar-refractivity contribution in [1.29, 1.82) is 0 Å². The van der Waals surface area contributed by atoms with E-state index in [1.165, 1.54) is 0 Å². The molecule has 2 aromatic carbocycles. The number of halogens is 2. The fourth-order valence-corrected chi connectivity index (χ4v) is 4.13. The first-order valence-corrected chi connectivity index (χ1v) is 10.0. The van der Waals surface area contributed by atoms with Gasteiger partial charge in [0.15, 0.2) is 0 Å². The molecule has 4 rings (SSSR count). The van der Waals surface area contributed by atoms with Crippen molar-refractivity contribution in [3.8, 4) is 0 Å². The molecule has 28 heavy (non-hydrogen) atoms. The molecule has 144 valence electrons. The minimum absolute atomic E-state index is 0.152. The number of carbonyl (C=O) groups excluding carboxylic acids is 1. The summed E-state index contributed by atoms with van der Waals surface area (Å²) in [5.74, 6) is -0.152. The number of amides is 1. The number of nitrogens with zero attached hydrogens (tertiary/aromatic N) is 1. The van der Waals surface area contributed by atoms with E-state index in [0.29, 0.717) is 41.0 Å². The number of fused-ring (bicyclic) bond motifs is 1. The Balaban J connectivity index is 1.61. The molecule has 1 fully saturated rings. The van der Waals surface area contributed by atoms with Gasteiger partial charge in [-0.05, 0) is 42.7 Å². The Morgan fingerprint density at radius 3 is 2.54 bits per heavy atom. The number of hydrogen-bond donors (Lipinski definition) is 1. The summed E-state index contributed by atoms with van der Waals surface area (Å²) in [6, 6.07) is 17.0. The Morgan fingerprint density at radius 2 is 1.79 bits per heavy atom. The lowest BCUT2D eigenvalue weighted by Gasteiger charge is -2.38. The van der Waals surface area contributed by atoms with Gasteiger partial charge in [0.1, 0.15) is 5.15 Å². The van der Waals surface area contributed by atoms with Crippen LogP contribution < -0.4 is 5.32 Å². The van der Waals surface area contributed by atoms with Gasteiger partial charge in [0.2, 0.25) is 0 Å². The zero-order chi connectivity index (χ0) is 19.6. The lowest BCUT2D eigenvalue weighted by molar-refractivity contribution is 0.0487. The molecule has 6 heteroatoms. The molecule has 0 saturated carbocycles. The molecule has 0 unspecified atom stereocenters. The summed E-state index contributed by atoms with van der Waals surface area (Å²) in [7, 11) is 0. The third-order valence-electron chi connectivity index (χ3n) is 5.42. The minimum atomic E-state index is -0.175. The summed E-state index contributed by atoms with van der Waals surface area (Å²) >= 11 is 12.2. The van der Waals surface area contributed by atoms with E-state index >= 15 is 0 Å². The predicted octanol–water partition coefficient (Wildman–Crippen LogP) is 5.02. The van der Waals surface area contributed by atoms with Gasteiger partial charge < -0.3 is 10.1 Å². The van der Waals surface area contributed by atoms with Gasteiger partial charge in [-0.15, -0.1) is 0 Å². The van der Waals surface area contributed by atoms with Crippen LogP contribution in [-0.4, -0.2) is 30.6 Å². The standard InChI is InChI=1S/C22H20Cl2N2O2/c23-16-7-5-15(6-8-16)22(9-11-28-12-10-22)14-25-21(27)18-13-20(24)26-19-4-2-1-3-17(18)19/h1-8,13H,9-12,14H2,(H,25,27). The van der Waals surface area contributed by atoms with E-state index in [4.69, 9.17) is 27.9 Å². The molecule has 1 aliphatic rings. The van der Waals surface area contributed by atoms with Crippen LogP contribution in [0.5, 0.6) is 0 Å². The van der Waals surface area contributed by atoms with Crippen LogP contribution in [0.15, 0.2) is 54.6 Å². The van der Waals surface area contributed by atoms with E-state index in [2.05, 4.69) is 10.3 Å². The van der Waals surface area contributed by atoms with Crippen molar-refractivity contribution in [3.05, 3.63) is 75.9 Å². The first kappa shape index (κ1) is 19.2. The van der Waals surface area contributed by atoms with Crippen LogP contribution in [0, 0.1) is 0 Å². The van der Waals surface area contributed by atoms with Gasteiger partial charge in [-0.25, -0.2) is 4.98 Å². The number of ether oxygens (including phenoxy) is 1. The summed E-state index contributed by atoms with van der Waals surface area (Å²) in [4.78, 5) is 17.3. The number of aromatic nitrogens is 1. The molecular weight excluding hydrogens is 395 g/mol. The lowest BCUT2D eigenvalue weighted by atomic mass is 9.74. The molecule has 0 spiro atoms. The number of nitrogens with one attached hydrogen (secondary N) is 1. The van der Waals surface area contributed by atoms with Gasteiger partial charge in [-0.2, -0.15) is 0 Å². The molecule has 3 aromatic rings. The van der Waals surface area contributed by atoms with Crippen LogP contribution >= 0.6 is 23.2 Å². The number of para-hydroxylation sites is 1. The van der Waals surface area contributed by atoms with Crippen LogP contribution in [0.4, 0.5) is 0 Å². The molecule has 2 heterocycles. The van der Waals surface area contributed by atoms with Gasteiger partial charge in [0, 0.05) is 35.6 Å². The predicted molar refractivity (Wildman–Crippen MR) is 112 cm³/mol. The van der Waals surface area contributed by atoms with Gasteiger partial charge in [0.05, 0.1) is 11.1 Å². The highest BCUT2D eigenvalue weighted by atomic mass is 35.5. The third kappa shape index (κ3) is 3.86. The molecule has 1 aromatic heterocycles. The summed E-state index contributed by atoms with van der Waals surface area (Å²) < 4.78 is 5.57. The summed E-state index contributed by atoms with van der Waals surface area (Å²) in [6.07, 6.45) is 1.68. The Kier molecular flexibility index (Phi) is 5.54. The molecule has 1 aliphatic heterocycles. The molecular formula is C22H20Cl2N2O2. The van der Waals surface area contributed by atoms with Crippen molar-refractivity contribution >= 4 is 40.0 Å². The van der Waals surface area contributed by atoms with E-state index in [-0.39, 0.29) is 11.3 Å². The van der Waals surface area contributed by atoms with E-state index < -0.39 is 0 Å². The zero-order valence-electron chi connectivity index (χ0n) is 15.3. The van der Waals surface area contributed by atoms with E-state index in [9.17, 15) is 4.79 Å². The van der Waals surface area contributed by atoms with E-state index in [1.807, 2.05) is 48.5 Å². The van der Waals surface area contributed by atoms with Crippen molar-refractivity contribution in [2.75, 3.05) is 19.8 Å². The quantitative estimate of drug-likeness (QED) is 0.609. The highest BCUT2D eigenvalue weighted by Gasteiger charge is 2.35. The second-order valence-corrected chi connectivity index (χ2v) is 7.92. The number of rotatable bonds is 4. The summed E-state index contributed by atoms with van der Waals surface area (Å²) in [6.45, 7) is 1.86. The molecule has 0 aliphatic carbocycles. The second kappa shape index (κ2) is 8.08. The fraction of sp³-hybridized carbons (Fsp3) is 0.273. The van der Waals surface area contributed by atoms with Crippen molar-refractivity contribution in [1.82, 2.24) is 10.3 Å². The first-order valence-electron chi connectivity index (χ1n) is 9.25. The highest BCUT2D eigenvalue weighted by Crippen LogP contribution is 2.35. The van der Waals surface area contributed by atoms with Crippen molar-refractivity contribution < 1.29 is 9.53 Å². The molecule has 0 atom stereocenters. The number of benzene rings is 2. The average molecular weight is 415 g/mol. The topological polar surface area (TPSA) is 51.2 Å². The Morgan fingerprint density at radius 1 is 1.07 bits per heavy atom. The average Bonchev–Trinajstić information content (AvgIpc) is 2.72. The van der Waals surface area contributed by atoms with Crippen LogP contribution in [0.2, 0.25) is 10.2 Å². The molecule has 1 saturated heterocycles. The van der Waals surface area contributed by atoms with Crippen LogP contribution in [0.3, 0.4) is 0 Å². The SMILES string of the molecule is O=C(NCC1(c2ccc(Cl)cc2)CCOCC1)c1cc(Cl)nc2ccccc12. The largest absolute Gasteiger partial charge is 0.381 e. The molecule has 1 N–H and O–H groups in total. The molecule has 1 amide bonds. The smallest absolute Gasteiger partial charge is 0.252 e. The first-order chi connectivity index (χ1) is 13.6. The third-order valence-corrected chi connectivity index (χ3v) is 5.87. The monoisotopic (exact) mass is 414 g/mol. The summed E-state index contributed by atoms with van der Waals surface area (Å²) in [5.41, 5.74) is 2.23. The van der Waals surface area contributed by atoms with Gasteiger partial charge in [-0.3, -0.25) is 4.79 Å². The van der Waals surface area contributed by atoms with Crippen molar-refractivity contribution in [3.63, 3.8) is 0 Å². The maximum Gasteiger partial charge on any atom is 0.252 e. The normalized spacial score (nSPS) is 16.1. The molecule has 0 bridgehead atoms. The Hall–Kier alpha value is -2.14. The highest BCUT2D eigenvalue weighted by molar-refractivity contribution is 6.30. The summed E-state index contributed by atoms with van der Waals surface area (Å²) in [5, 5.41) is 4.93. The van der Waals surface area contributed by atoms with Gasteiger partial charge in [0.25, 0.3) is 5.91 Å². The molecule has 4 nitrogen and oxygen atoms in total. The van der Waals surface area contributed by atoms with Crippen LogP contribution in [-0.2, 0) is 10.2 Å². The number of pyridine rings is 1. The Bertz CT molecular complexity index is 999.